The van der Waals surface area contributed by atoms with Gasteiger partial charge >= 0.3 is 0 Å². The van der Waals surface area contributed by atoms with E-state index < -0.39 is 0 Å². The molecule has 0 atom stereocenters. The highest BCUT2D eigenvalue weighted by atomic mass is 35.5. The van der Waals surface area contributed by atoms with E-state index in [9.17, 15) is 0 Å². The van der Waals surface area contributed by atoms with Gasteiger partial charge in [0, 0.05) is 21.7 Å². The van der Waals surface area contributed by atoms with E-state index in [2.05, 4.69) is 4.98 Å². The van der Waals surface area contributed by atoms with Crippen LogP contribution < -0.4 is 9.47 Å². The van der Waals surface area contributed by atoms with Crippen molar-refractivity contribution in [2.24, 2.45) is 0 Å². The number of hydrogen-bond donors (Lipinski definition) is 0. The zero-order valence-corrected chi connectivity index (χ0v) is 15.0. The first-order valence-corrected chi connectivity index (χ1v) is 8.76. The van der Waals surface area contributed by atoms with E-state index in [1.807, 2.05) is 36.4 Å². The minimum Gasteiger partial charge on any atom is -0.491 e. The molecular weight excluding hydrogens is 345 g/mol. The zero-order chi connectivity index (χ0) is 16.9. The lowest BCUT2D eigenvalue weighted by Gasteiger charge is -2.15. The Labute approximate surface area is 152 Å². The second-order valence-corrected chi connectivity index (χ2v) is 6.57. The molecular formula is C19H19Cl2NO2. The minimum absolute atomic E-state index is 0.260. The summed E-state index contributed by atoms with van der Waals surface area (Å²) in [6.07, 6.45) is 10.3. The number of pyridine rings is 1. The number of methoxy groups -OCH3 is 1. The predicted molar refractivity (Wildman–Crippen MR) is 99.1 cm³/mol. The molecule has 5 heteroatoms. The highest BCUT2D eigenvalue weighted by Gasteiger charge is 2.18. The summed E-state index contributed by atoms with van der Waals surface area (Å²) in [5, 5.41) is 1.21. The SMILES string of the molecule is COc1cnc(/C=C/c2c(Cl)cccc2Cl)cc1OC1CCCC1. The molecule has 0 bridgehead atoms. The maximum atomic E-state index is 6.19. The average Bonchev–Trinajstić information content (AvgIpc) is 3.08. The van der Waals surface area contributed by atoms with Crippen LogP contribution in [-0.4, -0.2) is 18.2 Å². The number of hydrogen-bond acceptors (Lipinski definition) is 3. The Balaban J connectivity index is 1.84. The van der Waals surface area contributed by atoms with Gasteiger partial charge in [0.2, 0.25) is 0 Å². The fraction of sp³-hybridized carbons (Fsp3) is 0.316. The molecule has 1 aliphatic carbocycles. The smallest absolute Gasteiger partial charge is 0.179 e. The normalized spacial score (nSPS) is 15.1. The van der Waals surface area contributed by atoms with E-state index >= 15 is 0 Å². The van der Waals surface area contributed by atoms with Gasteiger partial charge in [0.15, 0.2) is 11.5 Å². The number of nitrogens with zero attached hydrogens (tertiary/aromatic N) is 1. The van der Waals surface area contributed by atoms with E-state index in [-0.39, 0.29) is 6.10 Å². The molecule has 0 spiro atoms. The number of ether oxygens (including phenoxy) is 2. The molecule has 1 aromatic carbocycles. The summed E-state index contributed by atoms with van der Waals surface area (Å²) in [7, 11) is 1.62. The van der Waals surface area contributed by atoms with E-state index in [0.717, 1.165) is 29.8 Å². The third-order valence-corrected chi connectivity index (χ3v) is 4.75. The molecule has 0 unspecified atom stereocenters. The molecule has 0 radical (unpaired) electrons. The lowest BCUT2D eigenvalue weighted by molar-refractivity contribution is 0.200. The fourth-order valence-corrected chi connectivity index (χ4v) is 3.32. The van der Waals surface area contributed by atoms with Crippen molar-refractivity contribution < 1.29 is 9.47 Å². The second kappa shape index (κ2) is 7.91. The fourth-order valence-electron chi connectivity index (χ4n) is 2.80. The second-order valence-electron chi connectivity index (χ2n) is 5.75. The molecule has 1 aliphatic rings. The molecule has 0 aliphatic heterocycles. The van der Waals surface area contributed by atoms with Gasteiger partial charge < -0.3 is 9.47 Å². The van der Waals surface area contributed by atoms with Crippen LogP contribution in [0.4, 0.5) is 0 Å². The minimum atomic E-state index is 0.260. The standard InChI is InChI=1S/C19H19Cl2NO2/c1-23-19-12-22-13(11-18(19)24-14-5-2-3-6-14)9-10-15-16(20)7-4-8-17(15)21/h4,7-12,14H,2-3,5-6H2,1H3/b10-9+. The summed E-state index contributed by atoms with van der Waals surface area (Å²) in [6.45, 7) is 0. The van der Waals surface area contributed by atoms with Crippen molar-refractivity contribution in [1.82, 2.24) is 4.98 Å². The molecule has 1 aromatic heterocycles. The van der Waals surface area contributed by atoms with Crippen LogP contribution >= 0.6 is 23.2 Å². The van der Waals surface area contributed by atoms with Gasteiger partial charge in [-0.25, -0.2) is 0 Å². The first-order chi connectivity index (χ1) is 11.7. The van der Waals surface area contributed by atoms with Gasteiger partial charge in [-0.2, -0.15) is 0 Å². The molecule has 0 saturated heterocycles. The molecule has 1 fully saturated rings. The van der Waals surface area contributed by atoms with Crippen molar-refractivity contribution in [3.63, 3.8) is 0 Å². The topological polar surface area (TPSA) is 31.4 Å². The van der Waals surface area contributed by atoms with Crippen molar-refractivity contribution in [2.75, 3.05) is 7.11 Å². The Morgan fingerprint density at radius 1 is 1.08 bits per heavy atom. The summed E-state index contributed by atoms with van der Waals surface area (Å²) in [5.41, 5.74) is 1.54. The molecule has 2 aromatic rings. The van der Waals surface area contributed by atoms with Crippen molar-refractivity contribution in [1.29, 1.82) is 0 Å². The lowest BCUT2D eigenvalue weighted by Crippen LogP contribution is -2.11. The summed E-state index contributed by atoms with van der Waals surface area (Å²) >= 11 is 12.4. The van der Waals surface area contributed by atoms with Gasteiger partial charge in [-0.05, 0) is 50.0 Å². The Bertz CT molecular complexity index is 720. The van der Waals surface area contributed by atoms with Gasteiger partial charge in [0.25, 0.3) is 0 Å². The molecule has 1 saturated carbocycles. The van der Waals surface area contributed by atoms with Crippen molar-refractivity contribution in [3.8, 4) is 11.5 Å². The first-order valence-electron chi connectivity index (χ1n) is 8.00. The van der Waals surface area contributed by atoms with Gasteiger partial charge in [-0.3, -0.25) is 4.98 Å². The van der Waals surface area contributed by atoms with E-state index in [1.54, 1.807) is 13.3 Å². The molecule has 0 amide bonds. The quantitative estimate of drug-likeness (QED) is 0.663. The highest BCUT2D eigenvalue weighted by molar-refractivity contribution is 6.37. The van der Waals surface area contributed by atoms with Crippen LogP contribution in [0.5, 0.6) is 11.5 Å². The van der Waals surface area contributed by atoms with Gasteiger partial charge in [0.1, 0.15) is 0 Å². The Hall–Kier alpha value is -1.71. The number of aromatic nitrogens is 1. The Morgan fingerprint density at radius 3 is 2.46 bits per heavy atom. The number of benzene rings is 1. The van der Waals surface area contributed by atoms with E-state index in [1.165, 1.54) is 12.8 Å². The highest BCUT2D eigenvalue weighted by Crippen LogP contribution is 2.32. The third-order valence-electron chi connectivity index (χ3n) is 4.09. The molecule has 3 rings (SSSR count). The van der Waals surface area contributed by atoms with Crippen LogP contribution in [0.25, 0.3) is 12.2 Å². The van der Waals surface area contributed by atoms with Gasteiger partial charge in [-0.15, -0.1) is 0 Å². The Kier molecular flexibility index (Phi) is 5.64. The van der Waals surface area contributed by atoms with Crippen LogP contribution in [0.15, 0.2) is 30.5 Å². The van der Waals surface area contributed by atoms with Crippen molar-refractivity contribution in [3.05, 3.63) is 51.8 Å². The largest absolute Gasteiger partial charge is 0.491 e. The van der Waals surface area contributed by atoms with Crippen LogP contribution in [0.1, 0.15) is 36.9 Å². The van der Waals surface area contributed by atoms with E-state index in [4.69, 9.17) is 32.7 Å². The lowest BCUT2D eigenvalue weighted by atomic mass is 10.2. The third kappa shape index (κ3) is 4.03. The number of rotatable bonds is 5. The maximum Gasteiger partial charge on any atom is 0.179 e. The van der Waals surface area contributed by atoms with Crippen molar-refractivity contribution >= 4 is 35.4 Å². The molecule has 24 heavy (non-hydrogen) atoms. The van der Waals surface area contributed by atoms with Crippen LogP contribution in [-0.2, 0) is 0 Å². The van der Waals surface area contributed by atoms with Gasteiger partial charge in [-0.1, -0.05) is 29.3 Å². The zero-order valence-electron chi connectivity index (χ0n) is 13.5. The molecule has 3 nitrogen and oxygen atoms in total. The van der Waals surface area contributed by atoms with Crippen molar-refractivity contribution in [2.45, 2.75) is 31.8 Å². The maximum absolute atomic E-state index is 6.19. The van der Waals surface area contributed by atoms with Crippen LogP contribution in [0, 0.1) is 0 Å². The predicted octanol–water partition coefficient (Wildman–Crippen LogP) is 5.89. The molecule has 0 N–H and O–H groups in total. The molecule has 1 heterocycles. The first kappa shape index (κ1) is 17.1. The van der Waals surface area contributed by atoms with Gasteiger partial charge in [0.05, 0.1) is 25.1 Å². The summed E-state index contributed by atoms with van der Waals surface area (Å²) in [5.74, 6) is 1.37. The van der Waals surface area contributed by atoms with E-state index in [0.29, 0.717) is 15.8 Å². The number of halogens is 2. The Morgan fingerprint density at radius 2 is 1.79 bits per heavy atom. The summed E-state index contributed by atoms with van der Waals surface area (Å²) in [4.78, 5) is 4.38. The summed E-state index contributed by atoms with van der Waals surface area (Å²) in [6, 6.07) is 7.33. The average molecular weight is 364 g/mol. The molecule has 126 valence electrons. The summed E-state index contributed by atoms with van der Waals surface area (Å²) < 4.78 is 11.4. The monoisotopic (exact) mass is 363 g/mol. The van der Waals surface area contributed by atoms with Crippen LogP contribution in [0.3, 0.4) is 0 Å². The van der Waals surface area contributed by atoms with Crippen LogP contribution in [0.2, 0.25) is 10.0 Å².